The largest absolute Gasteiger partial charge is 0.497 e. The number of rotatable bonds is 17. The average Bonchev–Trinajstić information content (AvgIpc) is 3.01. The highest BCUT2D eigenvalue weighted by Crippen LogP contribution is 2.20. The van der Waals surface area contributed by atoms with Gasteiger partial charge in [-0.1, -0.05) is 94.0 Å². The van der Waals surface area contributed by atoms with Crippen LogP contribution in [0, 0.1) is 30.6 Å². The van der Waals surface area contributed by atoms with Crippen LogP contribution < -0.4 is 4.74 Å². The van der Waals surface area contributed by atoms with E-state index in [2.05, 4.69) is 31.2 Å². The SMILES string of the molecule is C/C=C/[C@@H](O)[C@H](C)[C@@H](O)[C@@H](C)COCc1ccc(C)cc1.C/C=C/[C@@H](O)[C@H](C)[C@@H](O)[C@@H](C)COCc1ccc(OC)cc1. The summed E-state index contributed by atoms with van der Waals surface area (Å²) in [5.41, 5.74) is 3.42. The lowest BCUT2D eigenvalue weighted by Crippen LogP contribution is -2.35. The van der Waals surface area contributed by atoms with Crippen molar-refractivity contribution in [3.8, 4) is 5.75 Å². The van der Waals surface area contributed by atoms with Crippen molar-refractivity contribution in [2.75, 3.05) is 20.3 Å². The molecule has 0 saturated heterocycles. The molecule has 0 bridgehead atoms. The first-order valence-electron chi connectivity index (χ1n) is 15.3. The molecule has 242 valence electrons. The molecule has 7 nitrogen and oxygen atoms in total. The number of ether oxygens (including phenoxy) is 3. The molecule has 0 fully saturated rings. The van der Waals surface area contributed by atoms with Crippen LogP contribution in [0.25, 0.3) is 0 Å². The lowest BCUT2D eigenvalue weighted by molar-refractivity contribution is -0.0233. The van der Waals surface area contributed by atoms with Crippen LogP contribution in [0.3, 0.4) is 0 Å². The van der Waals surface area contributed by atoms with Gasteiger partial charge in [-0.15, -0.1) is 0 Å². The summed E-state index contributed by atoms with van der Waals surface area (Å²) in [6.45, 7) is 15.3. The van der Waals surface area contributed by atoms with E-state index in [9.17, 15) is 20.4 Å². The van der Waals surface area contributed by atoms with E-state index in [1.54, 1.807) is 31.4 Å². The number of aliphatic hydroxyl groups excluding tert-OH is 4. The van der Waals surface area contributed by atoms with E-state index in [1.165, 1.54) is 5.56 Å². The molecule has 0 radical (unpaired) electrons. The molecule has 7 heteroatoms. The Labute approximate surface area is 259 Å². The molecule has 4 N–H and O–H groups in total. The van der Waals surface area contributed by atoms with E-state index in [1.807, 2.05) is 65.8 Å². The predicted molar refractivity (Wildman–Crippen MR) is 174 cm³/mol. The summed E-state index contributed by atoms with van der Waals surface area (Å²) in [6.07, 6.45) is 4.53. The fourth-order valence-corrected chi connectivity index (χ4v) is 4.51. The first-order chi connectivity index (χ1) is 20.4. The summed E-state index contributed by atoms with van der Waals surface area (Å²) >= 11 is 0. The van der Waals surface area contributed by atoms with E-state index >= 15 is 0 Å². The van der Waals surface area contributed by atoms with Gasteiger partial charge in [0.2, 0.25) is 0 Å². The summed E-state index contributed by atoms with van der Waals surface area (Å²) in [7, 11) is 1.64. The second-order valence-electron chi connectivity index (χ2n) is 11.6. The highest BCUT2D eigenvalue weighted by molar-refractivity contribution is 5.26. The van der Waals surface area contributed by atoms with E-state index in [0.29, 0.717) is 26.4 Å². The van der Waals surface area contributed by atoms with Gasteiger partial charge in [0.15, 0.2) is 0 Å². The van der Waals surface area contributed by atoms with Gasteiger partial charge in [0, 0.05) is 23.7 Å². The summed E-state index contributed by atoms with van der Waals surface area (Å²) < 4.78 is 16.4. The molecule has 8 atom stereocenters. The van der Waals surface area contributed by atoms with Crippen molar-refractivity contribution in [2.24, 2.45) is 23.7 Å². The normalized spacial score (nSPS) is 17.4. The van der Waals surface area contributed by atoms with Crippen LogP contribution >= 0.6 is 0 Å². The molecule has 0 spiro atoms. The molecule has 0 amide bonds. The number of benzene rings is 2. The Morgan fingerprint density at radius 3 is 1.35 bits per heavy atom. The molecule has 0 aliphatic heterocycles. The third kappa shape index (κ3) is 14.7. The van der Waals surface area contributed by atoms with Crippen molar-refractivity contribution in [2.45, 2.75) is 86.1 Å². The number of aliphatic hydroxyl groups is 4. The molecular weight excluding hydrogens is 544 g/mol. The summed E-state index contributed by atoms with van der Waals surface area (Å²) in [5, 5.41) is 40.3. The van der Waals surface area contributed by atoms with Crippen molar-refractivity contribution in [1.82, 2.24) is 0 Å². The Morgan fingerprint density at radius 2 is 1.00 bits per heavy atom. The van der Waals surface area contributed by atoms with Crippen LogP contribution in [-0.2, 0) is 22.7 Å². The first kappa shape index (κ1) is 38.5. The van der Waals surface area contributed by atoms with Gasteiger partial charge in [0.1, 0.15) is 5.75 Å². The second-order valence-corrected chi connectivity index (χ2v) is 11.6. The molecule has 0 saturated carbocycles. The minimum absolute atomic E-state index is 0.0228. The van der Waals surface area contributed by atoms with Crippen molar-refractivity contribution in [3.63, 3.8) is 0 Å². The minimum Gasteiger partial charge on any atom is -0.497 e. The number of allylic oxidation sites excluding steroid dienone is 2. The molecule has 0 unspecified atom stereocenters. The maximum absolute atomic E-state index is 10.3. The Bertz CT molecular complexity index is 1030. The third-order valence-electron chi connectivity index (χ3n) is 7.68. The zero-order valence-corrected chi connectivity index (χ0v) is 27.4. The van der Waals surface area contributed by atoms with Gasteiger partial charge in [0.25, 0.3) is 0 Å². The first-order valence-corrected chi connectivity index (χ1v) is 15.3. The van der Waals surface area contributed by atoms with Gasteiger partial charge in [-0.25, -0.2) is 0 Å². The van der Waals surface area contributed by atoms with E-state index in [-0.39, 0.29) is 23.7 Å². The molecule has 2 aromatic carbocycles. The van der Waals surface area contributed by atoms with Crippen LogP contribution in [-0.4, -0.2) is 65.2 Å². The lowest BCUT2D eigenvalue weighted by atomic mass is 9.89. The topological polar surface area (TPSA) is 109 Å². The zero-order chi connectivity index (χ0) is 32.4. The molecule has 43 heavy (non-hydrogen) atoms. The maximum atomic E-state index is 10.3. The summed E-state index contributed by atoms with van der Waals surface area (Å²) in [6, 6.07) is 15.9. The van der Waals surface area contributed by atoms with Crippen molar-refractivity contribution in [3.05, 3.63) is 89.5 Å². The van der Waals surface area contributed by atoms with E-state index in [0.717, 1.165) is 16.9 Å². The van der Waals surface area contributed by atoms with Crippen LogP contribution in [0.15, 0.2) is 72.8 Å². The molecule has 2 rings (SSSR count). The summed E-state index contributed by atoms with van der Waals surface area (Å²) in [4.78, 5) is 0. The fraction of sp³-hybridized carbons (Fsp3) is 0.556. The predicted octanol–water partition coefficient (Wildman–Crippen LogP) is 5.86. The fourth-order valence-electron chi connectivity index (χ4n) is 4.51. The van der Waals surface area contributed by atoms with Crippen LogP contribution in [0.4, 0.5) is 0 Å². The van der Waals surface area contributed by atoms with Gasteiger partial charge < -0.3 is 34.6 Å². The molecule has 0 aliphatic carbocycles. The van der Waals surface area contributed by atoms with Crippen molar-refractivity contribution >= 4 is 0 Å². The second kappa shape index (κ2) is 21.2. The van der Waals surface area contributed by atoms with Crippen LogP contribution in [0.1, 0.15) is 58.2 Å². The lowest BCUT2D eigenvalue weighted by Gasteiger charge is -2.27. The molecule has 2 aromatic rings. The van der Waals surface area contributed by atoms with Gasteiger partial charge in [-0.3, -0.25) is 0 Å². The van der Waals surface area contributed by atoms with Crippen molar-refractivity contribution < 1.29 is 34.6 Å². The van der Waals surface area contributed by atoms with Gasteiger partial charge >= 0.3 is 0 Å². The third-order valence-corrected chi connectivity index (χ3v) is 7.68. The van der Waals surface area contributed by atoms with E-state index in [4.69, 9.17) is 14.2 Å². The number of hydrogen-bond donors (Lipinski definition) is 4. The Hall–Kier alpha value is -2.52. The highest BCUT2D eigenvalue weighted by atomic mass is 16.5. The highest BCUT2D eigenvalue weighted by Gasteiger charge is 2.26. The Balaban J connectivity index is 0.000000430. The minimum atomic E-state index is -0.635. The van der Waals surface area contributed by atoms with Crippen LogP contribution in [0.5, 0.6) is 5.75 Å². The maximum Gasteiger partial charge on any atom is 0.118 e. The quantitative estimate of drug-likeness (QED) is 0.168. The van der Waals surface area contributed by atoms with Gasteiger partial charge in [-0.2, -0.15) is 0 Å². The molecule has 0 aliphatic rings. The molecular formula is C36H56O7. The standard InChI is InChI=1S/C18H28O4.C18H28O3/c1-5-6-17(19)14(3)18(20)13(2)11-22-12-15-7-9-16(21-4)10-8-15;1-5-6-17(19)15(4)18(20)14(3)11-21-12-16-9-7-13(2)8-10-16/h5-10,13-14,17-20H,11-12H2,1-4H3;5-10,14-15,17-20H,11-12H2,1-4H3/b2*6-5+/t13-,14-,17+,18-;14-,15-,17+,18-/m00/s1. The monoisotopic (exact) mass is 600 g/mol. The molecule has 0 heterocycles. The van der Waals surface area contributed by atoms with Gasteiger partial charge in [0.05, 0.1) is 58.0 Å². The van der Waals surface area contributed by atoms with E-state index < -0.39 is 24.4 Å². The van der Waals surface area contributed by atoms with Crippen molar-refractivity contribution in [1.29, 1.82) is 0 Å². The number of methoxy groups -OCH3 is 1. The Kier molecular flexibility index (Phi) is 19.0. The van der Waals surface area contributed by atoms with Crippen LogP contribution in [0.2, 0.25) is 0 Å². The summed E-state index contributed by atoms with van der Waals surface area (Å²) in [5.74, 6) is 0.313. The average molecular weight is 601 g/mol. The smallest absolute Gasteiger partial charge is 0.118 e. The Morgan fingerprint density at radius 1 is 0.628 bits per heavy atom. The number of hydrogen-bond acceptors (Lipinski definition) is 7. The molecule has 0 aromatic heterocycles. The number of aryl methyl sites for hydroxylation is 1. The zero-order valence-electron chi connectivity index (χ0n) is 27.4. The van der Waals surface area contributed by atoms with Gasteiger partial charge in [-0.05, 0) is 44.0 Å².